The highest BCUT2D eigenvalue weighted by atomic mass is 32.2. The van der Waals surface area contributed by atoms with E-state index in [1.807, 2.05) is 6.92 Å². The first-order valence-corrected chi connectivity index (χ1v) is 7.88. The van der Waals surface area contributed by atoms with Crippen LogP contribution in [0.5, 0.6) is 5.75 Å². The van der Waals surface area contributed by atoms with Gasteiger partial charge in [-0.2, -0.15) is 20.5 Å². The molecule has 1 aromatic carbocycles. The monoisotopic (exact) mass is 316 g/mol. The average molecular weight is 316 g/mol. The zero-order valence-corrected chi connectivity index (χ0v) is 12.5. The van der Waals surface area contributed by atoms with Gasteiger partial charge in [-0.3, -0.25) is 4.79 Å². The zero-order chi connectivity index (χ0) is 15.2. The number of carbonyl (C=O) groups is 1. The van der Waals surface area contributed by atoms with Crippen molar-refractivity contribution in [3.8, 4) is 5.75 Å². The Morgan fingerprint density at radius 1 is 1.52 bits per heavy atom. The Morgan fingerprint density at radius 3 is 3.00 bits per heavy atom. The van der Waals surface area contributed by atoms with Crippen molar-refractivity contribution < 1.29 is 18.3 Å². The average Bonchev–Trinajstić information content (AvgIpc) is 2.47. The second-order valence-electron chi connectivity index (χ2n) is 4.76. The van der Waals surface area contributed by atoms with Crippen LogP contribution in [-0.4, -0.2) is 36.6 Å². The first-order chi connectivity index (χ1) is 10.1. The van der Waals surface area contributed by atoms with Gasteiger partial charge >= 0.3 is 6.61 Å². The lowest BCUT2D eigenvalue weighted by atomic mass is 10.1. The zero-order valence-electron chi connectivity index (χ0n) is 11.6. The van der Waals surface area contributed by atoms with E-state index in [0.29, 0.717) is 0 Å². The van der Waals surface area contributed by atoms with Gasteiger partial charge in [0.1, 0.15) is 5.75 Å². The number of hydrogen-bond donors (Lipinski definition) is 2. The molecule has 21 heavy (non-hydrogen) atoms. The van der Waals surface area contributed by atoms with Crippen molar-refractivity contribution in [2.24, 2.45) is 0 Å². The van der Waals surface area contributed by atoms with E-state index in [0.717, 1.165) is 23.6 Å². The highest BCUT2D eigenvalue weighted by molar-refractivity contribution is 7.99. The molecule has 0 radical (unpaired) electrons. The standard InChI is InChI=1S/C14H18F2N2O2S/c1-9(18-13(19)12-8-21-6-5-17-12)10-3-2-4-11(7-10)20-14(15)16/h2-4,7,9,12,14,17H,5-6,8H2,1H3,(H,18,19). The van der Waals surface area contributed by atoms with Crippen molar-refractivity contribution in [2.45, 2.75) is 25.6 Å². The summed E-state index contributed by atoms with van der Waals surface area (Å²) in [5, 5.41) is 6.05. The van der Waals surface area contributed by atoms with Crippen LogP contribution < -0.4 is 15.4 Å². The molecule has 1 aliphatic heterocycles. The maximum atomic E-state index is 12.2. The van der Waals surface area contributed by atoms with Crippen molar-refractivity contribution in [3.63, 3.8) is 0 Å². The number of amides is 1. The molecule has 2 atom stereocenters. The van der Waals surface area contributed by atoms with Crippen molar-refractivity contribution in [2.75, 3.05) is 18.1 Å². The number of carbonyl (C=O) groups excluding carboxylic acids is 1. The molecule has 0 aliphatic carbocycles. The fourth-order valence-corrected chi connectivity index (χ4v) is 3.02. The van der Waals surface area contributed by atoms with Crippen molar-refractivity contribution in [1.82, 2.24) is 10.6 Å². The van der Waals surface area contributed by atoms with Gasteiger partial charge < -0.3 is 15.4 Å². The van der Waals surface area contributed by atoms with Crippen molar-refractivity contribution >= 4 is 17.7 Å². The van der Waals surface area contributed by atoms with Gasteiger partial charge in [0.2, 0.25) is 5.91 Å². The first-order valence-electron chi connectivity index (χ1n) is 6.72. The van der Waals surface area contributed by atoms with Crippen LogP contribution in [0.3, 0.4) is 0 Å². The Bertz CT molecular complexity index is 482. The molecule has 0 saturated carbocycles. The number of halogens is 2. The summed E-state index contributed by atoms with van der Waals surface area (Å²) in [4.78, 5) is 12.1. The third-order valence-electron chi connectivity index (χ3n) is 3.18. The van der Waals surface area contributed by atoms with E-state index < -0.39 is 6.61 Å². The molecular weight excluding hydrogens is 298 g/mol. The van der Waals surface area contributed by atoms with Gasteiger partial charge in [0.25, 0.3) is 0 Å². The number of thioether (sulfide) groups is 1. The Balaban J connectivity index is 1.95. The van der Waals surface area contributed by atoms with Gasteiger partial charge in [-0.15, -0.1) is 0 Å². The molecule has 116 valence electrons. The molecule has 0 spiro atoms. The molecule has 1 heterocycles. The molecule has 1 amide bonds. The minimum Gasteiger partial charge on any atom is -0.435 e. The van der Waals surface area contributed by atoms with Crippen LogP contribution in [0.1, 0.15) is 18.5 Å². The van der Waals surface area contributed by atoms with Gasteiger partial charge in [0.05, 0.1) is 12.1 Å². The van der Waals surface area contributed by atoms with E-state index in [9.17, 15) is 13.6 Å². The van der Waals surface area contributed by atoms with E-state index >= 15 is 0 Å². The number of ether oxygens (including phenoxy) is 1. The molecular formula is C14H18F2N2O2S. The van der Waals surface area contributed by atoms with Gasteiger partial charge in [0, 0.05) is 18.1 Å². The van der Waals surface area contributed by atoms with Crippen LogP contribution in [0, 0.1) is 0 Å². The number of hydrogen-bond acceptors (Lipinski definition) is 4. The van der Waals surface area contributed by atoms with Crippen molar-refractivity contribution in [3.05, 3.63) is 29.8 Å². The Labute approximate surface area is 126 Å². The van der Waals surface area contributed by atoms with Crippen LogP contribution in [0.15, 0.2) is 24.3 Å². The minimum atomic E-state index is -2.85. The quantitative estimate of drug-likeness (QED) is 0.874. The lowest BCUT2D eigenvalue weighted by molar-refractivity contribution is -0.123. The number of rotatable bonds is 5. The number of nitrogens with one attached hydrogen (secondary N) is 2. The minimum absolute atomic E-state index is 0.0742. The Kier molecular flexibility index (Phi) is 5.81. The summed E-state index contributed by atoms with van der Waals surface area (Å²) in [5.74, 6) is 1.77. The summed E-state index contributed by atoms with van der Waals surface area (Å²) in [6.45, 7) is -0.224. The second kappa shape index (κ2) is 7.61. The van der Waals surface area contributed by atoms with Gasteiger partial charge in [-0.05, 0) is 24.6 Å². The molecule has 2 rings (SSSR count). The summed E-state index contributed by atoms with van der Waals surface area (Å²) in [5.41, 5.74) is 0.727. The normalized spacial score (nSPS) is 20.1. The first kappa shape index (κ1) is 16.0. The van der Waals surface area contributed by atoms with Gasteiger partial charge in [0.15, 0.2) is 0 Å². The van der Waals surface area contributed by atoms with E-state index in [1.54, 1.807) is 23.9 Å². The highest BCUT2D eigenvalue weighted by Crippen LogP contribution is 2.21. The maximum absolute atomic E-state index is 12.2. The van der Waals surface area contributed by atoms with Crippen molar-refractivity contribution in [1.29, 1.82) is 0 Å². The van der Waals surface area contributed by atoms with Gasteiger partial charge in [-0.1, -0.05) is 12.1 Å². The molecule has 0 aromatic heterocycles. The summed E-state index contributed by atoms with van der Waals surface area (Å²) >= 11 is 1.74. The van der Waals surface area contributed by atoms with Gasteiger partial charge in [-0.25, -0.2) is 0 Å². The van der Waals surface area contributed by atoms with Crippen LogP contribution >= 0.6 is 11.8 Å². The highest BCUT2D eigenvalue weighted by Gasteiger charge is 2.22. The second-order valence-corrected chi connectivity index (χ2v) is 5.91. The fourth-order valence-electron chi connectivity index (χ4n) is 2.09. The molecule has 0 bridgehead atoms. The SMILES string of the molecule is CC(NC(=O)C1CSCCN1)c1cccc(OC(F)F)c1. The van der Waals surface area contributed by atoms with Crippen LogP contribution in [0.4, 0.5) is 8.78 Å². The number of alkyl halides is 2. The third kappa shape index (κ3) is 4.86. The molecule has 1 fully saturated rings. The van der Waals surface area contributed by atoms with E-state index in [4.69, 9.17) is 0 Å². The molecule has 2 N–H and O–H groups in total. The Morgan fingerprint density at radius 2 is 2.33 bits per heavy atom. The summed E-state index contributed by atoms with van der Waals surface area (Å²) < 4.78 is 28.8. The summed E-state index contributed by atoms with van der Waals surface area (Å²) in [7, 11) is 0. The lowest BCUT2D eigenvalue weighted by Gasteiger charge is -2.24. The molecule has 1 aliphatic rings. The fraction of sp³-hybridized carbons (Fsp3) is 0.500. The van der Waals surface area contributed by atoms with E-state index in [-0.39, 0.29) is 23.7 Å². The molecule has 1 saturated heterocycles. The molecule has 1 aromatic rings. The predicted molar refractivity (Wildman–Crippen MR) is 78.7 cm³/mol. The van der Waals surface area contributed by atoms with Crippen LogP contribution in [0.25, 0.3) is 0 Å². The number of benzene rings is 1. The lowest BCUT2D eigenvalue weighted by Crippen LogP contribution is -2.49. The molecule has 4 nitrogen and oxygen atoms in total. The summed E-state index contributed by atoms with van der Waals surface area (Å²) in [6.07, 6.45) is 0. The van der Waals surface area contributed by atoms with Crippen LogP contribution in [-0.2, 0) is 4.79 Å². The smallest absolute Gasteiger partial charge is 0.387 e. The third-order valence-corrected chi connectivity index (χ3v) is 4.24. The predicted octanol–water partition coefficient (Wildman–Crippen LogP) is 2.17. The van der Waals surface area contributed by atoms with E-state index in [2.05, 4.69) is 15.4 Å². The Hall–Kier alpha value is -1.34. The summed E-state index contributed by atoms with van der Waals surface area (Å²) in [6, 6.07) is 5.90. The van der Waals surface area contributed by atoms with Crippen LogP contribution in [0.2, 0.25) is 0 Å². The molecule has 2 unspecified atom stereocenters. The largest absolute Gasteiger partial charge is 0.435 e. The molecule has 7 heteroatoms. The topological polar surface area (TPSA) is 50.4 Å². The maximum Gasteiger partial charge on any atom is 0.387 e. The van der Waals surface area contributed by atoms with E-state index in [1.165, 1.54) is 12.1 Å².